The summed E-state index contributed by atoms with van der Waals surface area (Å²) >= 11 is 0. The summed E-state index contributed by atoms with van der Waals surface area (Å²) in [5, 5.41) is 16.1. The number of amides is 1. The van der Waals surface area contributed by atoms with Crippen LogP contribution in [0.5, 0.6) is 0 Å². The number of nitrogens with zero attached hydrogens (tertiary/aromatic N) is 2. The van der Waals surface area contributed by atoms with Crippen molar-refractivity contribution in [2.75, 3.05) is 6.54 Å². The molecular formula is C14H21N3O3. The van der Waals surface area contributed by atoms with Gasteiger partial charge in [0.1, 0.15) is 11.7 Å². The minimum absolute atomic E-state index is 0.125. The van der Waals surface area contributed by atoms with Crippen LogP contribution < -0.4 is 0 Å². The summed E-state index contributed by atoms with van der Waals surface area (Å²) in [6.07, 6.45) is 2.19. The number of likely N-dealkylation sites (tertiary alicyclic amines) is 1. The van der Waals surface area contributed by atoms with Gasteiger partial charge in [0.25, 0.3) is 5.91 Å². The second-order valence-corrected chi connectivity index (χ2v) is 6.27. The number of carboxylic acid groups (broad SMARTS) is 1. The van der Waals surface area contributed by atoms with E-state index in [-0.39, 0.29) is 11.3 Å². The fraction of sp³-hybridized carbons (Fsp3) is 0.643. The smallest absolute Gasteiger partial charge is 0.326 e. The molecule has 1 saturated heterocycles. The first-order chi connectivity index (χ1) is 9.30. The largest absolute Gasteiger partial charge is 0.480 e. The molecule has 20 heavy (non-hydrogen) atoms. The summed E-state index contributed by atoms with van der Waals surface area (Å²) < 4.78 is 0. The Kier molecular flexibility index (Phi) is 3.83. The third kappa shape index (κ3) is 2.84. The highest BCUT2D eigenvalue weighted by Gasteiger charge is 2.33. The molecule has 1 aromatic heterocycles. The molecule has 2 heterocycles. The Balaban J connectivity index is 2.21. The van der Waals surface area contributed by atoms with Gasteiger partial charge in [0.05, 0.1) is 0 Å². The Morgan fingerprint density at radius 2 is 2.10 bits per heavy atom. The molecule has 1 aromatic rings. The van der Waals surface area contributed by atoms with E-state index in [2.05, 4.69) is 10.2 Å². The summed E-state index contributed by atoms with van der Waals surface area (Å²) in [5.74, 6) is -1.24. The van der Waals surface area contributed by atoms with Gasteiger partial charge in [-0.15, -0.1) is 0 Å². The summed E-state index contributed by atoms with van der Waals surface area (Å²) in [5.41, 5.74) is 1.03. The van der Waals surface area contributed by atoms with Crippen molar-refractivity contribution in [3.05, 3.63) is 17.5 Å². The number of carbonyl (C=O) groups excluding carboxylic acids is 1. The van der Waals surface area contributed by atoms with Gasteiger partial charge in [0, 0.05) is 17.7 Å². The van der Waals surface area contributed by atoms with Crippen LogP contribution in [0.3, 0.4) is 0 Å². The lowest BCUT2D eigenvalue weighted by molar-refractivity contribution is -0.143. The maximum absolute atomic E-state index is 12.4. The first kappa shape index (κ1) is 14.6. The summed E-state index contributed by atoms with van der Waals surface area (Å²) in [7, 11) is 0. The summed E-state index contributed by atoms with van der Waals surface area (Å²) in [6.45, 7) is 6.55. The van der Waals surface area contributed by atoms with Crippen molar-refractivity contribution in [1.29, 1.82) is 0 Å². The van der Waals surface area contributed by atoms with Gasteiger partial charge >= 0.3 is 5.97 Å². The molecule has 0 radical (unpaired) electrons. The van der Waals surface area contributed by atoms with Gasteiger partial charge < -0.3 is 10.0 Å². The van der Waals surface area contributed by atoms with Crippen molar-refractivity contribution >= 4 is 11.9 Å². The molecule has 1 amide bonds. The highest BCUT2D eigenvalue weighted by Crippen LogP contribution is 2.23. The van der Waals surface area contributed by atoms with Crippen LogP contribution in [0.1, 0.15) is 56.2 Å². The molecule has 2 N–H and O–H groups in total. The quantitative estimate of drug-likeness (QED) is 0.864. The van der Waals surface area contributed by atoms with E-state index < -0.39 is 12.0 Å². The molecule has 0 aromatic carbocycles. The normalized spacial score (nSPS) is 19.9. The first-order valence-electron chi connectivity index (χ1n) is 6.90. The lowest BCUT2D eigenvalue weighted by Gasteiger charge is -2.32. The number of hydrogen-bond donors (Lipinski definition) is 2. The molecule has 6 heteroatoms. The predicted octanol–water partition coefficient (Wildman–Crippen LogP) is 1.79. The third-order valence-electron chi connectivity index (χ3n) is 3.65. The number of nitrogens with one attached hydrogen (secondary N) is 1. The molecule has 1 aliphatic heterocycles. The van der Waals surface area contributed by atoms with E-state index in [1.807, 2.05) is 20.8 Å². The maximum atomic E-state index is 12.4. The zero-order chi connectivity index (χ0) is 14.9. The number of H-pyrrole nitrogens is 1. The molecule has 1 aliphatic rings. The molecule has 6 nitrogen and oxygen atoms in total. The van der Waals surface area contributed by atoms with Crippen LogP contribution in [0.2, 0.25) is 0 Å². The molecular weight excluding hydrogens is 258 g/mol. The lowest BCUT2D eigenvalue weighted by atomic mass is 9.92. The van der Waals surface area contributed by atoms with Gasteiger partial charge in [-0.05, 0) is 25.3 Å². The SMILES string of the molecule is CC(C)(C)c1cc(C(=O)N2CCCCC2C(=O)O)n[nH]1. The molecule has 110 valence electrons. The average molecular weight is 279 g/mol. The minimum Gasteiger partial charge on any atom is -0.480 e. The molecule has 0 aliphatic carbocycles. The zero-order valence-electron chi connectivity index (χ0n) is 12.1. The Labute approximate surface area is 118 Å². The van der Waals surface area contributed by atoms with Crippen molar-refractivity contribution in [2.45, 2.75) is 51.5 Å². The van der Waals surface area contributed by atoms with Gasteiger partial charge in [0.2, 0.25) is 0 Å². The van der Waals surface area contributed by atoms with Crippen LogP contribution in [0.25, 0.3) is 0 Å². The molecule has 0 saturated carbocycles. The second-order valence-electron chi connectivity index (χ2n) is 6.27. The van der Waals surface area contributed by atoms with E-state index in [4.69, 9.17) is 0 Å². The van der Waals surface area contributed by atoms with Gasteiger partial charge in [-0.25, -0.2) is 4.79 Å². The molecule has 0 spiro atoms. The lowest BCUT2D eigenvalue weighted by Crippen LogP contribution is -2.48. The Morgan fingerprint density at radius 3 is 2.65 bits per heavy atom. The van der Waals surface area contributed by atoms with Gasteiger partial charge in [-0.3, -0.25) is 9.89 Å². The van der Waals surface area contributed by atoms with Crippen molar-refractivity contribution in [2.24, 2.45) is 0 Å². The fourth-order valence-corrected chi connectivity index (χ4v) is 2.39. The minimum atomic E-state index is -0.940. The van der Waals surface area contributed by atoms with E-state index in [0.29, 0.717) is 18.7 Å². The van der Waals surface area contributed by atoms with Gasteiger partial charge in [0.15, 0.2) is 0 Å². The highest BCUT2D eigenvalue weighted by molar-refractivity contribution is 5.95. The highest BCUT2D eigenvalue weighted by atomic mass is 16.4. The molecule has 1 atom stereocenters. The van der Waals surface area contributed by atoms with Gasteiger partial charge in [-0.2, -0.15) is 5.10 Å². The first-order valence-corrected chi connectivity index (χ1v) is 6.90. The zero-order valence-corrected chi connectivity index (χ0v) is 12.1. The molecule has 0 bridgehead atoms. The number of carbonyl (C=O) groups is 2. The van der Waals surface area contributed by atoms with E-state index in [9.17, 15) is 14.7 Å². The van der Waals surface area contributed by atoms with Crippen LogP contribution in [0.4, 0.5) is 0 Å². The van der Waals surface area contributed by atoms with Crippen LogP contribution in [0.15, 0.2) is 6.07 Å². The van der Waals surface area contributed by atoms with Crippen LogP contribution in [-0.2, 0) is 10.2 Å². The monoisotopic (exact) mass is 279 g/mol. The van der Waals surface area contributed by atoms with E-state index >= 15 is 0 Å². The van der Waals surface area contributed by atoms with Crippen LogP contribution in [-0.4, -0.2) is 44.7 Å². The molecule has 2 rings (SSSR count). The number of aromatic nitrogens is 2. The van der Waals surface area contributed by atoms with E-state index in [1.165, 1.54) is 4.90 Å². The Bertz CT molecular complexity index is 516. The number of piperidine rings is 1. The third-order valence-corrected chi connectivity index (χ3v) is 3.65. The standard InChI is InChI=1S/C14H21N3O3/c1-14(2,3)11-8-9(15-16-11)12(18)17-7-5-4-6-10(17)13(19)20/h8,10H,4-7H2,1-3H3,(H,15,16)(H,19,20). The number of hydrogen-bond acceptors (Lipinski definition) is 3. The molecule has 1 fully saturated rings. The summed E-state index contributed by atoms with van der Waals surface area (Å²) in [4.78, 5) is 25.1. The van der Waals surface area contributed by atoms with Crippen molar-refractivity contribution in [1.82, 2.24) is 15.1 Å². The number of aromatic amines is 1. The van der Waals surface area contributed by atoms with Crippen molar-refractivity contribution in [3.8, 4) is 0 Å². The van der Waals surface area contributed by atoms with Crippen LogP contribution >= 0.6 is 0 Å². The number of rotatable bonds is 2. The van der Waals surface area contributed by atoms with Crippen molar-refractivity contribution in [3.63, 3.8) is 0 Å². The topological polar surface area (TPSA) is 86.3 Å². The fourth-order valence-electron chi connectivity index (χ4n) is 2.39. The van der Waals surface area contributed by atoms with E-state index in [0.717, 1.165) is 18.5 Å². The van der Waals surface area contributed by atoms with Crippen molar-refractivity contribution < 1.29 is 14.7 Å². The number of carboxylic acids is 1. The second kappa shape index (κ2) is 5.26. The van der Waals surface area contributed by atoms with Gasteiger partial charge in [-0.1, -0.05) is 20.8 Å². The van der Waals surface area contributed by atoms with Crippen LogP contribution in [0, 0.1) is 0 Å². The van der Waals surface area contributed by atoms with E-state index in [1.54, 1.807) is 6.07 Å². The average Bonchev–Trinajstić information content (AvgIpc) is 2.87. The maximum Gasteiger partial charge on any atom is 0.326 e. The summed E-state index contributed by atoms with van der Waals surface area (Å²) in [6, 6.07) is 0.988. The number of aliphatic carboxylic acids is 1. The Hall–Kier alpha value is -1.85. The predicted molar refractivity (Wildman–Crippen MR) is 73.6 cm³/mol. The molecule has 1 unspecified atom stereocenters. The Morgan fingerprint density at radius 1 is 1.40 bits per heavy atom.